The first-order valence-corrected chi connectivity index (χ1v) is 7.83. The second-order valence-corrected chi connectivity index (χ2v) is 5.76. The minimum absolute atomic E-state index is 0.126. The van der Waals surface area contributed by atoms with E-state index in [0.717, 1.165) is 0 Å². The quantitative estimate of drug-likeness (QED) is 0.817. The molecule has 0 bridgehead atoms. The van der Waals surface area contributed by atoms with E-state index in [0.29, 0.717) is 11.1 Å². The van der Waals surface area contributed by atoms with Crippen LogP contribution in [0.25, 0.3) is 0 Å². The van der Waals surface area contributed by atoms with Crippen molar-refractivity contribution in [2.75, 3.05) is 17.2 Å². The molecule has 136 valence electrons. The zero-order chi connectivity index (χ0) is 18.7. The van der Waals surface area contributed by atoms with Crippen molar-refractivity contribution in [2.45, 2.75) is 18.7 Å². The van der Waals surface area contributed by atoms with Gasteiger partial charge < -0.3 is 15.4 Å². The molecule has 26 heavy (non-hydrogen) atoms. The van der Waals surface area contributed by atoms with Gasteiger partial charge in [-0.05, 0) is 23.8 Å². The standard InChI is InChI=1S/C18H15F3N2O3/c19-18(20,21)10-22-13-7-3-4-8-14(13)23-16(24)15-9-11-5-1-2-6-12(11)17(25)26-15/h1-8,15,22H,9-10H2,(H,23,24)/t15-/m1/s1. The lowest BCUT2D eigenvalue weighted by Gasteiger charge is -2.24. The molecule has 1 aliphatic heterocycles. The van der Waals surface area contributed by atoms with Crippen LogP contribution < -0.4 is 10.6 Å². The van der Waals surface area contributed by atoms with Crippen molar-refractivity contribution in [1.82, 2.24) is 0 Å². The summed E-state index contributed by atoms with van der Waals surface area (Å²) in [4.78, 5) is 24.4. The van der Waals surface area contributed by atoms with Gasteiger partial charge in [0.05, 0.1) is 16.9 Å². The number of rotatable bonds is 4. The molecule has 0 radical (unpaired) electrons. The zero-order valence-electron chi connectivity index (χ0n) is 13.5. The lowest BCUT2D eigenvalue weighted by Crippen LogP contribution is -2.38. The molecule has 0 aliphatic carbocycles. The van der Waals surface area contributed by atoms with Gasteiger partial charge in [0.2, 0.25) is 0 Å². The van der Waals surface area contributed by atoms with Crippen LogP contribution in [0.15, 0.2) is 48.5 Å². The number of amides is 1. The van der Waals surface area contributed by atoms with Crippen molar-refractivity contribution in [3.63, 3.8) is 0 Å². The molecule has 0 unspecified atom stereocenters. The summed E-state index contributed by atoms with van der Waals surface area (Å²) in [6, 6.07) is 12.8. The third-order valence-electron chi connectivity index (χ3n) is 3.85. The molecule has 1 atom stereocenters. The average Bonchev–Trinajstić information content (AvgIpc) is 2.60. The van der Waals surface area contributed by atoms with E-state index in [1.165, 1.54) is 12.1 Å². The summed E-state index contributed by atoms with van der Waals surface area (Å²) >= 11 is 0. The van der Waals surface area contributed by atoms with Gasteiger partial charge >= 0.3 is 12.1 Å². The maximum atomic E-state index is 12.4. The lowest BCUT2D eigenvalue weighted by molar-refractivity contribution is -0.125. The highest BCUT2D eigenvalue weighted by Gasteiger charge is 2.31. The van der Waals surface area contributed by atoms with Crippen molar-refractivity contribution >= 4 is 23.3 Å². The Morgan fingerprint density at radius 3 is 2.46 bits per heavy atom. The van der Waals surface area contributed by atoms with Gasteiger partial charge in [0.25, 0.3) is 5.91 Å². The first-order chi connectivity index (χ1) is 12.3. The molecule has 1 aliphatic rings. The molecule has 3 rings (SSSR count). The normalized spacial score (nSPS) is 16.4. The van der Waals surface area contributed by atoms with E-state index in [9.17, 15) is 22.8 Å². The molecule has 8 heteroatoms. The number of anilines is 2. The number of cyclic esters (lactones) is 1. The summed E-state index contributed by atoms with van der Waals surface area (Å²) < 4.78 is 42.4. The van der Waals surface area contributed by atoms with Gasteiger partial charge in [0.15, 0.2) is 6.10 Å². The first-order valence-electron chi connectivity index (χ1n) is 7.83. The van der Waals surface area contributed by atoms with Gasteiger partial charge in [-0.3, -0.25) is 4.79 Å². The van der Waals surface area contributed by atoms with Gasteiger partial charge in [-0.25, -0.2) is 4.79 Å². The van der Waals surface area contributed by atoms with Crippen LogP contribution in [-0.4, -0.2) is 30.7 Å². The molecular weight excluding hydrogens is 349 g/mol. The summed E-state index contributed by atoms with van der Waals surface area (Å²) in [5.74, 6) is -1.20. The number of fused-ring (bicyclic) bond motifs is 1. The molecule has 0 spiro atoms. The van der Waals surface area contributed by atoms with E-state index in [4.69, 9.17) is 4.74 Å². The van der Waals surface area contributed by atoms with Crippen LogP contribution >= 0.6 is 0 Å². The molecule has 0 aromatic heterocycles. The molecule has 2 N–H and O–H groups in total. The average molecular weight is 364 g/mol. The highest BCUT2D eigenvalue weighted by atomic mass is 19.4. The summed E-state index contributed by atoms with van der Waals surface area (Å²) in [6.45, 7) is -1.23. The smallest absolute Gasteiger partial charge is 0.405 e. The van der Waals surface area contributed by atoms with Crippen LogP contribution in [-0.2, 0) is 16.0 Å². The predicted octanol–water partition coefficient (Wildman–Crippen LogP) is 3.38. The fourth-order valence-electron chi connectivity index (χ4n) is 2.63. The van der Waals surface area contributed by atoms with Gasteiger partial charge in [-0.1, -0.05) is 30.3 Å². The van der Waals surface area contributed by atoms with Gasteiger partial charge in [0.1, 0.15) is 6.54 Å². The molecule has 1 amide bonds. The number of ether oxygens (including phenoxy) is 1. The van der Waals surface area contributed by atoms with Crippen molar-refractivity contribution in [1.29, 1.82) is 0 Å². The zero-order valence-corrected chi connectivity index (χ0v) is 13.5. The number of carbonyl (C=O) groups is 2. The number of para-hydroxylation sites is 2. The van der Waals surface area contributed by atoms with Crippen LogP contribution in [0, 0.1) is 0 Å². The third kappa shape index (κ3) is 4.14. The minimum Gasteiger partial charge on any atom is -0.448 e. The highest BCUT2D eigenvalue weighted by Crippen LogP contribution is 2.26. The Morgan fingerprint density at radius 2 is 1.73 bits per heavy atom. The Morgan fingerprint density at radius 1 is 1.08 bits per heavy atom. The van der Waals surface area contributed by atoms with E-state index >= 15 is 0 Å². The molecule has 5 nitrogen and oxygen atoms in total. The lowest BCUT2D eigenvalue weighted by atomic mass is 9.98. The Kier molecular flexibility index (Phi) is 4.83. The van der Waals surface area contributed by atoms with Crippen molar-refractivity contribution in [2.24, 2.45) is 0 Å². The van der Waals surface area contributed by atoms with Crippen molar-refractivity contribution in [3.8, 4) is 0 Å². The maximum absolute atomic E-state index is 12.4. The molecule has 2 aromatic carbocycles. The number of benzene rings is 2. The fraction of sp³-hybridized carbons (Fsp3) is 0.222. The second-order valence-electron chi connectivity index (χ2n) is 5.76. The van der Waals surface area contributed by atoms with Crippen LogP contribution in [0.3, 0.4) is 0 Å². The largest absolute Gasteiger partial charge is 0.448 e. The van der Waals surface area contributed by atoms with Crippen LogP contribution in [0.2, 0.25) is 0 Å². The SMILES string of the molecule is O=C1O[C@@H](C(=O)Nc2ccccc2NCC(F)(F)F)Cc2ccccc21. The maximum Gasteiger partial charge on any atom is 0.405 e. The van der Waals surface area contributed by atoms with Crippen molar-refractivity contribution in [3.05, 3.63) is 59.7 Å². The van der Waals surface area contributed by atoms with E-state index in [-0.39, 0.29) is 17.8 Å². The molecule has 0 fully saturated rings. The summed E-state index contributed by atoms with van der Waals surface area (Å²) in [7, 11) is 0. The molecule has 1 heterocycles. The second kappa shape index (κ2) is 7.07. The molecule has 0 saturated carbocycles. The first kappa shape index (κ1) is 17.8. The van der Waals surface area contributed by atoms with Crippen LogP contribution in [0.4, 0.5) is 24.5 Å². The molecule has 2 aromatic rings. The van der Waals surface area contributed by atoms with Crippen LogP contribution in [0.1, 0.15) is 15.9 Å². The van der Waals surface area contributed by atoms with E-state index in [1.54, 1.807) is 36.4 Å². The summed E-state index contributed by atoms with van der Waals surface area (Å²) in [5.41, 5.74) is 1.40. The predicted molar refractivity (Wildman–Crippen MR) is 89.0 cm³/mol. The third-order valence-corrected chi connectivity index (χ3v) is 3.85. The van der Waals surface area contributed by atoms with Gasteiger partial charge in [0, 0.05) is 6.42 Å². The fourth-order valence-corrected chi connectivity index (χ4v) is 2.63. The summed E-state index contributed by atoms with van der Waals surface area (Å²) in [6.07, 6.45) is -5.24. The Bertz CT molecular complexity index is 836. The number of carbonyl (C=O) groups excluding carboxylic acids is 2. The number of halogens is 3. The van der Waals surface area contributed by atoms with E-state index < -0.39 is 30.7 Å². The number of hydrogen-bond acceptors (Lipinski definition) is 4. The van der Waals surface area contributed by atoms with Gasteiger partial charge in [-0.2, -0.15) is 13.2 Å². The van der Waals surface area contributed by atoms with E-state index in [1.807, 2.05) is 0 Å². The van der Waals surface area contributed by atoms with Gasteiger partial charge in [-0.15, -0.1) is 0 Å². The minimum atomic E-state index is -4.39. The number of esters is 1. The summed E-state index contributed by atoms with van der Waals surface area (Å²) in [5, 5.41) is 4.76. The molecule has 0 saturated heterocycles. The Hall–Kier alpha value is -3.03. The molecular formula is C18H15F3N2O3. The number of hydrogen-bond donors (Lipinski definition) is 2. The number of alkyl halides is 3. The Balaban J connectivity index is 1.72. The highest BCUT2D eigenvalue weighted by molar-refractivity contribution is 6.01. The topological polar surface area (TPSA) is 67.4 Å². The Labute approximate surface area is 147 Å². The monoisotopic (exact) mass is 364 g/mol. The van der Waals surface area contributed by atoms with Crippen LogP contribution in [0.5, 0.6) is 0 Å². The van der Waals surface area contributed by atoms with Crippen molar-refractivity contribution < 1.29 is 27.5 Å². The van der Waals surface area contributed by atoms with E-state index in [2.05, 4.69) is 10.6 Å². The number of nitrogens with one attached hydrogen (secondary N) is 2.